The predicted octanol–water partition coefficient (Wildman–Crippen LogP) is 17.4. The van der Waals surface area contributed by atoms with E-state index >= 15 is 4.39 Å². The van der Waals surface area contributed by atoms with E-state index in [-0.39, 0.29) is 50.4 Å². The van der Waals surface area contributed by atoms with Crippen LogP contribution in [0.2, 0.25) is 0 Å². The van der Waals surface area contributed by atoms with E-state index in [1.54, 1.807) is 6.07 Å². The van der Waals surface area contributed by atoms with Crippen LogP contribution in [0.15, 0.2) is 97.1 Å². The van der Waals surface area contributed by atoms with Crippen molar-refractivity contribution in [1.29, 1.82) is 0 Å². The molecule has 0 spiro atoms. The zero-order chi connectivity index (χ0) is 51.2. The SMILES string of the molecule is Cc1cc2c3c(c1)N(c1ccc4c(c1)C(C)(C)CCC4(C)C)c1c(sc4ccc(C(C)(C)C)cc14)B3c1cc3c(cc1N2c1cc2c(cc1-c1ccccc1F)C(C)(C)CCC2(C)C)C(C)(C)CCC3(C)C. The van der Waals surface area contributed by atoms with E-state index in [9.17, 15) is 0 Å². The molecule has 0 amide bonds. The molecule has 0 unspecified atom stereocenters. The van der Waals surface area contributed by atoms with Crippen molar-refractivity contribution in [2.75, 3.05) is 9.80 Å². The van der Waals surface area contributed by atoms with Crippen LogP contribution < -0.4 is 25.5 Å². The monoisotopic (exact) mass is 971 g/mol. The van der Waals surface area contributed by atoms with Gasteiger partial charge in [0.05, 0.1) is 11.4 Å². The first-order valence-electron chi connectivity index (χ1n) is 27.2. The zero-order valence-corrected chi connectivity index (χ0v) is 47.1. The van der Waals surface area contributed by atoms with Crippen molar-refractivity contribution in [1.82, 2.24) is 0 Å². The Bertz CT molecular complexity index is 3460. The summed E-state index contributed by atoms with van der Waals surface area (Å²) >= 11 is 2.00. The van der Waals surface area contributed by atoms with Crippen molar-refractivity contribution in [3.05, 3.63) is 147 Å². The molecule has 0 saturated heterocycles. The van der Waals surface area contributed by atoms with Gasteiger partial charge < -0.3 is 9.80 Å². The van der Waals surface area contributed by atoms with Crippen molar-refractivity contribution in [3.8, 4) is 11.1 Å². The smallest absolute Gasteiger partial charge is 0.264 e. The van der Waals surface area contributed by atoms with E-state index in [0.29, 0.717) is 5.56 Å². The molecule has 2 nitrogen and oxygen atoms in total. The molecule has 6 aromatic carbocycles. The Balaban J connectivity index is 1.25. The summed E-state index contributed by atoms with van der Waals surface area (Å²) in [6.45, 7) is 38.6. The third kappa shape index (κ3) is 6.97. The van der Waals surface area contributed by atoms with E-state index in [1.807, 2.05) is 29.5 Å². The van der Waals surface area contributed by atoms with Crippen molar-refractivity contribution in [2.45, 2.75) is 187 Å². The lowest BCUT2D eigenvalue weighted by Crippen LogP contribution is -2.61. The maximum absolute atomic E-state index is 16.9. The molecule has 0 atom stereocenters. The van der Waals surface area contributed by atoms with Crippen molar-refractivity contribution in [2.24, 2.45) is 0 Å². The van der Waals surface area contributed by atoms with E-state index in [0.717, 1.165) is 43.4 Å². The van der Waals surface area contributed by atoms with Crippen molar-refractivity contribution in [3.63, 3.8) is 0 Å². The van der Waals surface area contributed by atoms with Gasteiger partial charge in [-0.05, 0) is 199 Å². The molecule has 1 aromatic heterocycles. The van der Waals surface area contributed by atoms with Crippen LogP contribution in [-0.4, -0.2) is 6.71 Å². The second kappa shape index (κ2) is 15.2. The predicted molar refractivity (Wildman–Crippen MR) is 311 cm³/mol. The number of hydrogen-bond acceptors (Lipinski definition) is 3. The summed E-state index contributed by atoms with van der Waals surface area (Å²) in [5.41, 5.74) is 22.7. The van der Waals surface area contributed by atoms with E-state index in [1.165, 1.54) is 105 Å². The van der Waals surface area contributed by atoms with Crippen molar-refractivity contribution < 1.29 is 4.39 Å². The average molecular weight is 971 g/mol. The molecule has 12 rings (SSSR count). The quantitative estimate of drug-likeness (QED) is 0.163. The third-order valence-corrected chi connectivity index (χ3v) is 20.3. The van der Waals surface area contributed by atoms with Gasteiger partial charge in [0.2, 0.25) is 0 Å². The van der Waals surface area contributed by atoms with E-state index in [4.69, 9.17) is 0 Å². The molecular weight excluding hydrogens is 895 g/mol. The molecule has 0 bridgehead atoms. The average Bonchev–Trinajstić information content (AvgIpc) is 3.68. The van der Waals surface area contributed by atoms with Crippen molar-refractivity contribution >= 4 is 78.0 Å². The van der Waals surface area contributed by atoms with E-state index in [2.05, 4.69) is 193 Å². The summed E-state index contributed by atoms with van der Waals surface area (Å²) in [7, 11) is 0. The third-order valence-electron chi connectivity index (χ3n) is 19.1. The summed E-state index contributed by atoms with van der Waals surface area (Å²) in [5.74, 6) is -0.185. The van der Waals surface area contributed by atoms with Gasteiger partial charge >= 0.3 is 0 Å². The fraction of sp³-hybridized carbons (Fsp3) is 0.433. The molecule has 72 heavy (non-hydrogen) atoms. The standard InChI is InChI=1S/C67H76BFN2S/c1-39-31-55-58-56(32-39)71(53-37-49-47(64(9,10)27-29-66(49,13)14)35-43(53)42-19-17-18-20-52(42)69)54-38-50-48(65(11,12)28-30-67(50,15)16)36-51(54)68(58)60-59(44-33-40(61(2,3)4)21-24-57(44)72-60)70(55)41-22-23-45-46(34-41)63(7,8)26-25-62(45,5)6/h17-24,31-38H,25-30H2,1-16H3. The first-order valence-corrected chi connectivity index (χ1v) is 28.0. The fourth-order valence-corrected chi connectivity index (χ4v) is 15.4. The number of benzene rings is 6. The first-order chi connectivity index (χ1) is 33.6. The van der Waals surface area contributed by atoms with Crippen LogP contribution in [-0.2, 0) is 37.9 Å². The zero-order valence-electron chi connectivity index (χ0n) is 46.2. The Hall–Kier alpha value is -5.13. The summed E-state index contributed by atoms with van der Waals surface area (Å²) < 4.78 is 19.6. The second-order valence-corrected chi connectivity index (χ2v) is 29.1. The number of nitrogens with zero attached hydrogens (tertiary/aromatic N) is 2. The number of anilines is 6. The Kier molecular flexibility index (Phi) is 10.1. The molecule has 5 heteroatoms. The van der Waals surface area contributed by atoms with Crippen LogP contribution >= 0.6 is 11.3 Å². The molecule has 0 radical (unpaired) electrons. The molecule has 0 fully saturated rings. The second-order valence-electron chi connectivity index (χ2n) is 28.0. The van der Waals surface area contributed by atoms with Gasteiger partial charge in [0.25, 0.3) is 6.71 Å². The van der Waals surface area contributed by atoms with Gasteiger partial charge in [-0.25, -0.2) is 4.39 Å². The highest BCUT2D eigenvalue weighted by Gasteiger charge is 2.49. The first kappa shape index (κ1) is 47.9. The number of halogens is 1. The van der Waals surface area contributed by atoms with Crippen LogP contribution in [0.1, 0.15) is 187 Å². The summed E-state index contributed by atoms with van der Waals surface area (Å²) in [4.78, 5) is 5.31. The minimum Gasteiger partial charge on any atom is -0.311 e. The molecule has 2 aliphatic heterocycles. The van der Waals surface area contributed by atoms with Gasteiger partial charge in [0.1, 0.15) is 5.82 Å². The summed E-state index contributed by atoms with van der Waals surface area (Å²) in [5, 5.41) is 1.33. The molecule has 5 aliphatic rings. The molecule has 0 saturated carbocycles. The normalized spacial score (nSPS) is 20.3. The number of aryl methyl sites for hydroxylation is 1. The summed E-state index contributed by atoms with van der Waals surface area (Å²) in [6.07, 6.45) is 6.77. The van der Waals surface area contributed by atoms with Crippen LogP contribution in [0.25, 0.3) is 21.2 Å². The number of thiophene rings is 1. The molecular formula is C67H76BFN2S. The Morgan fingerprint density at radius 3 is 1.60 bits per heavy atom. The lowest BCUT2D eigenvalue weighted by Gasteiger charge is -2.48. The van der Waals surface area contributed by atoms with Gasteiger partial charge in [-0.15, -0.1) is 11.3 Å². The summed E-state index contributed by atoms with van der Waals surface area (Å²) in [6, 6.07) is 37.5. The Labute approximate surface area is 435 Å². The fourth-order valence-electron chi connectivity index (χ4n) is 14.1. The molecule has 0 N–H and O–H groups in total. The van der Waals surface area contributed by atoms with Crippen LogP contribution in [0, 0.1) is 12.7 Å². The number of rotatable bonds is 3. The maximum Gasteiger partial charge on any atom is 0.264 e. The van der Waals surface area contributed by atoms with Gasteiger partial charge in [-0.2, -0.15) is 0 Å². The van der Waals surface area contributed by atoms with E-state index < -0.39 is 0 Å². The number of hydrogen-bond donors (Lipinski definition) is 0. The topological polar surface area (TPSA) is 6.48 Å². The molecule has 3 aliphatic carbocycles. The van der Waals surface area contributed by atoms with Crippen LogP contribution in [0.5, 0.6) is 0 Å². The van der Waals surface area contributed by atoms with Crippen LogP contribution in [0.4, 0.5) is 38.5 Å². The highest BCUT2D eigenvalue weighted by molar-refractivity contribution is 7.33. The number of fused-ring (bicyclic) bond motifs is 9. The maximum atomic E-state index is 16.9. The minimum absolute atomic E-state index is 0.00410. The van der Waals surface area contributed by atoms with Gasteiger partial charge in [0.15, 0.2) is 0 Å². The molecule has 3 heterocycles. The van der Waals surface area contributed by atoms with Gasteiger partial charge in [0, 0.05) is 48.7 Å². The minimum atomic E-state index is -0.185. The highest BCUT2D eigenvalue weighted by Crippen LogP contribution is 2.57. The van der Waals surface area contributed by atoms with Gasteiger partial charge in [-0.1, -0.05) is 140 Å². The lowest BCUT2D eigenvalue weighted by atomic mass is 9.35. The van der Waals surface area contributed by atoms with Crippen LogP contribution in [0.3, 0.4) is 0 Å². The lowest BCUT2D eigenvalue weighted by molar-refractivity contribution is 0.332. The Morgan fingerprint density at radius 2 is 1.01 bits per heavy atom. The molecule has 370 valence electrons. The Morgan fingerprint density at radius 1 is 0.500 bits per heavy atom. The van der Waals surface area contributed by atoms with Gasteiger partial charge in [-0.3, -0.25) is 0 Å². The molecule has 7 aromatic rings. The largest absolute Gasteiger partial charge is 0.311 e. The highest BCUT2D eigenvalue weighted by atomic mass is 32.1.